The van der Waals surface area contributed by atoms with Crippen molar-refractivity contribution in [1.29, 1.82) is 0 Å². The van der Waals surface area contributed by atoms with Gasteiger partial charge in [0.2, 0.25) is 6.41 Å². The molecule has 0 amide bonds. The van der Waals surface area contributed by atoms with E-state index in [2.05, 4.69) is 16.9 Å². The van der Waals surface area contributed by atoms with E-state index in [1.54, 1.807) is 30.5 Å². The largest absolute Gasteiger partial charge is 0.508 e. The Kier molecular flexibility index (Phi) is 11.2. The van der Waals surface area contributed by atoms with Crippen LogP contribution in [0.25, 0.3) is 5.57 Å². The van der Waals surface area contributed by atoms with Gasteiger partial charge in [-0.1, -0.05) is 36.9 Å². The minimum atomic E-state index is -1.10. The van der Waals surface area contributed by atoms with Crippen molar-refractivity contribution in [2.24, 2.45) is 10.9 Å². The summed E-state index contributed by atoms with van der Waals surface area (Å²) in [7, 11) is 0. The average Bonchev–Trinajstić information content (AvgIpc) is 2.70. The maximum absolute atomic E-state index is 10.7. The lowest BCUT2D eigenvalue weighted by Gasteiger charge is -2.28. The van der Waals surface area contributed by atoms with Gasteiger partial charge in [-0.3, -0.25) is 15.0 Å². The zero-order valence-electron chi connectivity index (χ0n) is 18.9. The van der Waals surface area contributed by atoms with Gasteiger partial charge in [0.1, 0.15) is 5.75 Å². The van der Waals surface area contributed by atoms with Crippen LogP contribution in [0.1, 0.15) is 39.2 Å². The first-order chi connectivity index (χ1) is 14.7. The SMILES string of the molecule is C=CN=C/C=C/CC(O)C1C=CC(CNC(O)OC(C)(C)C)=C(c2cccc(O)c2)C1.F. The van der Waals surface area contributed by atoms with E-state index in [9.17, 15) is 15.3 Å². The second kappa shape index (κ2) is 13.1. The number of benzene rings is 1. The van der Waals surface area contributed by atoms with Crippen LogP contribution in [0, 0.1) is 5.92 Å². The van der Waals surface area contributed by atoms with Crippen LogP contribution < -0.4 is 5.32 Å². The van der Waals surface area contributed by atoms with Crippen molar-refractivity contribution >= 4 is 11.8 Å². The van der Waals surface area contributed by atoms with Crippen LogP contribution in [0.4, 0.5) is 4.70 Å². The Balaban J connectivity index is 0.00000512. The highest BCUT2D eigenvalue weighted by atomic mass is 19.0. The summed E-state index contributed by atoms with van der Waals surface area (Å²) in [4.78, 5) is 3.90. The lowest BCUT2D eigenvalue weighted by Crippen LogP contribution is -2.39. The van der Waals surface area contributed by atoms with Gasteiger partial charge >= 0.3 is 0 Å². The number of aliphatic hydroxyl groups is 2. The number of aromatic hydroxyl groups is 1. The van der Waals surface area contributed by atoms with Gasteiger partial charge in [0, 0.05) is 24.9 Å². The molecular formula is C25H35FN2O4. The lowest BCUT2D eigenvalue weighted by molar-refractivity contribution is -0.180. The predicted molar refractivity (Wildman–Crippen MR) is 128 cm³/mol. The number of aliphatic imine (C=N–C) groups is 1. The van der Waals surface area contributed by atoms with Crippen LogP contribution in [0.2, 0.25) is 0 Å². The van der Waals surface area contributed by atoms with E-state index in [0.29, 0.717) is 19.4 Å². The highest BCUT2D eigenvalue weighted by Crippen LogP contribution is 2.35. The number of rotatable bonds is 10. The third-order valence-corrected chi connectivity index (χ3v) is 4.78. The molecule has 0 heterocycles. The second-order valence-corrected chi connectivity index (χ2v) is 8.46. The van der Waals surface area contributed by atoms with E-state index in [-0.39, 0.29) is 16.4 Å². The topological polar surface area (TPSA) is 94.3 Å². The molecule has 0 radical (unpaired) electrons. The van der Waals surface area contributed by atoms with Crippen LogP contribution in [0.5, 0.6) is 5.75 Å². The summed E-state index contributed by atoms with van der Waals surface area (Å²) in [5, 5.41) is 33.7. The van der Waals surface area contributed by atoms with Crippen LogP contribution in [0.15, 0.2) is 71.9 Å². The molecule has 1 aromatic rings. The van der Waals surface area contributed by atoms with E-state index in [1.807, 2.05) is 45.1 Å². The summed E-state index contributed by atoms with van der Waals surface area (Å²) < 4.78 is 5.51. The highest BCUT2D eigenvalue weighted by Gasteiger charge is 2.24. The summed E-state index contributed by atoms with van der Waals surface area (Å²) in [6.45, 7) is 9.53. The van der Waals surface area contributed by atoms with Crippen molar-refractivity contribution in [2.45, 2.75) is 51.7 Å². The van der Waals surface area contributed by atoms with Crippen LogP contribution in [0.3, 0.4) is 0 Å². The van der Waals surface area contributed by atoms with Crippen molar-refractivity contribution in [3.8, 4) is 5.75 Å². The molecule has 1 aliphatic rings. The molecule has 0 saturated heterocycles. The molecule has 3 atom stereocenters. The maximum Gasteiger partial charge on any atom is 0.214 e. The molecule has 176 valence electrons. The number of phenols is 1. The number of halogens is 1. The summed E-state index contributed by atoms with van der Waals surface area (Å²) >= 11 is 0. The van der Waals surface area contributed by atoms with Gasteiger partial charge in [-0.05, 0) is 68.5 Å². The van der Waals surface area contributed by atoms with E-state index in [0.717, 1.165) is 16.7 Å². The molecule has 0 bridgehead atoms. The quantitative estimate of drug-likeness (QED) is 0.321. The number of nitrogens with zero attached hydrogens (tertiary/aromatic N) is 1. The predicted octanol–water partition coefficient (Wildman–Crippen LogP) is 4.08. The molecule has 0 aliphatic heterocycles. The minimum Gasteiger partial charge on any atom is -0.508 e. The number of allylic oxidation sites excluding steroid dienone is 2. The first-order valence-electron chi connectivity index (χ1n) is 10.5. The number of ether oxygens (including phenoxy) is 1. The summed E-state index contributed by atoms with van der Waals surface area (Å²) in [5.41, 5.74) is 2.39. The van der Waals surface area contributed by atoms with Crippen molar-refractivity contribution in [3.63, 3.8) is 0 Å². The third kappa shape index (κ3) is 9.28. The Bertz CT molecular complexity index is 856. The van der Waals surface area contributed by atoms with Gasteiger partial charge in [-0.25, -0.2) is 0 Å². The van der Waals surface area contributed by atoms with Gasteiger partial charge in [-0.2, -0.15) is 0 Å². The van der Waals surface area contributed by atoms with Gasteiger partial charge in [0.25, 0.3) is 0 Å². The first kappa shape index (κ1) is 27.5. The molecule has 2 rings (SSSR count). The molecular weight excluding hydrogens is 411 g/mol. The number of hydrogen-bond donors (Lipinski definition) is 4. The Hall–Kier alpha value is -2.58. The van der Waals surface area contributed by atoms with Crippen molar-refractivity contribution in [2.75, 3.05) is 6.54 Å². The van der Waals surface area contributed by atoms with Crippen molar-refractivity contribution in [1.82, 2.24) is 5.32 Å². The van der Waals surface area contributed by atoms with Crippen molar-refractivity contribution < 1.29 is 24.8 Å². The molecule has 1 aliphatic carbocycles. The fourth-order valence-electron chi connectivity index (χ4n) is 3.34. The molecule has 1 aromatic carbocycles. The van der Waals surface area contributed by atoms with E-state index in [4.69, 9.17) is 4.74 Å². The van der Waals surface area contributed by atoms with Gasteiger partial charge < -0.3 is 20.1 Å². The van der Waals surface area contributed by atoms with E-state index >= 15 is 0 Å². The molecule has 0 fully saturated rings. The Morgan fingerprint density at radius 3 is 2.72 bits per heavy atom. The van der Waals surface area contributed by atoms with Crippen LogP contribution >= 0.6 is 0 Å². The third-order valence-electron chi connectivity index (χ3n) is 4.78. The molecule has 4 N–H and O–H groups in total. The normalized spacial score (nSPS) is 18.7. The summed E-state index contributed by atoms with van der Waals surface area (Å²) in [6.07, 6.45) is 10.2. The Morgan fingerprint density at radius 1 is 1.31 bits per heavy atom. The second-order valence-electron chi connectivity index (χ2n) is 8.46. The van der Waals surface area contributed by atoms with Crippen LogP contribution in [-0.2, 0) is 4.74 Å². The molecule has 6 nitrogen and oxygen atoms in total. The monoisotopic (exact) mass is 446 g/mol. The fraction of sp³-hybridized carbons (Fsp3) is 0.400. The number of phenolic OH excluding ortho intramolecular Hbond substituents is 1. The van der Waals surface area contributed by atoms with Crippen LogP contribution in [-0.4, -0.2) is 46.2 Å². The maximum atomic E-state index is 10.7. The molecule has 7 heteroatoms. The highest BCUT2D eigenvalue weighted by molar-refractivity contribution is 5.74. The summed E-state index contributed by atoms with van der Waals surface area (Å²) in [6, 6.07) is 7.08. The molecule has 0 spiro atoms. The summed E-state index contributed by atoms with van der Waals surface area (Å²) in [5.74, 6) is 0.113. The number of hydrogen-bond acceptors (Lipinski definition) is 6. The standard InChI is InChI=1S/C25H34N2O4.FH/c1-5-26-14-7-6-11-23(29)19-12-13-20(17-27-24(30)31-25(2,3)4)22(16-19)18-9-8-10-21(28)15-18;/h5-10,12-15,19,23-24,27-30H,1,11,16-17H2,2-4H3;1H/b7-6+,26-14?;. The van der Waals surface area contributed by atoms with Crippen molar-refractivity contribution in [3.05, 3.63) is 72.5 Å². The molecule has 32 heavy (non-hydrogen) atoms. The van der Waals surface area contributed by atoms with E-state index in [1.165, 1.54) is 6.20 Å². The van der Waals surface area contributed by atoms with Gasteiger partial charge in [0.05, 0.1) is 11.7 Å². The lowest BCUT2D eigenvalue weighted by atomic mass is 9.82. The average molecular weight is 447 g/mol. The molecule has 3 unspecified atom stereocenters. The number of aliphatic hydroxyl groups excluding tert-OH is 2. The van der Waals surface area contributed by atoms with E-state index < -0.39 is 18.1 Å². The number of nitrogens with one attached hydrogen (secondary N) is 1. The molecule has 0 saturated carbocycles. The smallest absolute Gasteiger partial charge is 0.214 e. The molecule has 0 aromatic heterocycles. The first-order valence-corrected chi connectivity index (χ1v) is 10.5. The fourth-order valence-corrected chi connectivity index (χ4v) is 3.34. The Labute approximate surface area is 189 Å². The zero-order chi connectivity index (χ0) is 22.9. The van der Waals surface area contributed by atoms with Gasteiger partial charge in [-0.15, -0.1) is 0 Å². The zero-order valence-corrected chi connectivity index (χ0v) is 18.9. The van der Waals surface area contributed by atoms with Gasteiger partial charge in [0.15, 0.2) is 0 Å². The minimum absolute atomic E-state index is 0. The Morgan fingerprint density at radius 2 is 2.06 bits per heavy atom.